The minimum atomic E-state index is -0.400. The molecule has 2 aromatic heterocycles. The van der Waals surface area contributed by atoms with Gasteiger partial charge in [-0.15, -0.1) is 12.4 Å². The molecular formula is C14H20ClN5OS. The van der Waals surface area contributed by atoms with Gasteiger partial charge in [-0.3, -0.25) is 0 Å². The fourth-order valence-electron chi connectivity index (χ4n) is 2.63. The van der Waals surface area contributed by atoms with Gasteiger partial charge in [0, 0.05) is 11.4 Å². The summed E-state index contributed by atoms with van der Waals surface area (Å²) in [6.07, 6.45) is 4.12. The van der Waals surface area contributed by atoms with E-state index in [-0.39, 0.29) is 12.4 Å². The fourth-order valence-corrected chi connectivity index (χ4v) is 3.42. The van der Waals surface area contributed by atoms with Gasteiger partial charge in [-0.1, -0.05) is 29.8 Å². The average molecular weight is 342 g/mol. The van der Waals surface area contributed by atoms with E-state index in [1.807, 2.05) is 19.9 Å². The fraction of sp³-hybridized carbons (Fsp3) is 0.571. The van der Waals surface area contributed by atoms with Crippen molar-refractivity contribution in [1.82, 2.24) is 20.1 Å². The van der Waals surface area contributed by atoms with E-state index in [9.17, 15) is 0 Å². The summed E-state index contributed by atoms with van der Waals surface area (Å²) in [5.74, 6) is 1.78. The van der Waals surface area contributed by atoms with Crippen LogP contribution in [0, 0.1) is 13.8 Å². The van der Waals surface area contributed by atoms with E-state index < -0.39 is 5.54 Å². The molecule has 2 heterocycles. The lowest BCUT2D eigenvalue weighted by Gasteiger charge is -2.17. The van der Waals surface area contributed by atoms with Crippen LogP contribution in [0.2, 0.25) is 0 Å². The monoisotopic (exact) mass is 341 g/mol. The van der Waals surface area contributed by atoms with Crippen molar-refractivity contribution < 1.29 is 4.52 Å². The number of nitrogens with zero attached hydrogens (tertiary/aromatic N) is 4. The SMILES string of the molecule is Cc1cc(C)nc(SCc2nc(C3(N)CCCC3)no2)n1.Cl. The van der Waals surface area contributed by atoms with E-state index in [4.69, 9.17) is 10.3 Å². The van der Waals surface area contributed by atoms with E-state index >= 15 is 0 Å². The molecule has 0 saturated heterocycles. The third-order valence-corrected chi connectivity index (χ3v) is 4.53. The van der Waals surface area contributed by atoms with Gasteiger partial charge in [-0.2, -0.15) is 4.98 Å². The molecule has 0 unspecified atom stereocenters. The van der Waals surface area contributed by atoms with Gasteiger partial charge in [0.15, 0.2) is 11.0 Å². The van der Waals surface area contributed by atoms with Gasteiger partial charge in [0.05, 0.1) is 11.3 Å². The number of halogens is 1. The molecule has 3 rings (SSSR count). The zero-order valence-electron chi connectivity index (χ0n) is 12.7. The number of nitrogens with two attached hydrogens (primary N) is 1. The number of aryl methyl sites for hydroxylation is 2. The predicted octanol–water partition coefficient (Wildman–Crippen LogP) is 2.92. The van der Waals surface area contributed by atoms with Crippen molar-refractivity contribution in [1.29, 1.82) is 0 Å². The number of hydrogen-bond acceptors (Lipinski definition) is 7. The molecule has 1 aliphatic carbocycles. The van der Waals surface area contributed by atoms with Crippen LogP contribution in [0.1, 0.15) is 48.8 Å². The van der Waals surface area contributed by atoms with Gasteiger partial charge in [0.1, 0.15) is 0 Å². The van der Waals surface area contributed by atoms with Crippen LogP contribution >= 0.6 is 24.2 Å². The van der Waals surface area contributed by atoms with E-state index in [1.54, 1.807) is 0 Å². The molecule has 0 spiro atoms. The molecule has 0 aliphatic heterocycles. The highest BCUT2D eigenvalue weighted by molar-refractivity contribution is 7.98. The minimum Gasteiger partial charge on any atom is -0.338 e. The summed E-state index contributed by atoms with van der Waals surface area (Å²) in [4.78, 5) is 13.2. The van der Waals surface area contributed by atoms with Crippen LogP contribution in [0.25, 0.3) is 0 Å². The van der Waals surface area contributed by atoms with Gasteiger partial charge in [0.2, 0.25) is 5.89 Å². The highest BCUT2D eigenvalue weighted by atomic mass is 35.5. The van der Waals surface area contributed by atoms with E-state index in [1.165, 1.54) is 11.8 Å². The van der Waals surface area contributed by atoms with E-state index in [2.05, 4.69) is 20.1 Å². The zero-order chi connectivity index (χ0) is 14.9. The van der Waals surface area contributed by atoms with Crippen molar-refractivity contribution in [3.63, 3.8) is 0 Å². The highest BCUT2D eigenvalue weighted by Gasteiger charge is 2.35. The van der Waals surface area contributed by atoms with Crippen molar-refractivity contribution in [2.75, 3.05) is 0 Å². The van der Waals surface area contributed by atoms with Crippen LogP contribution in [0.15, 0.2) is 15.7 Å². The Hall–Kier alpha value is -1.18. The van der Waals surface area contributed by atoms with Gasteiger partial charge >= 0.3 is 0 Å². The van der Waals surface area contributed by atoms with Gasteiger partial charge in [-0.25, -0.2) is 9.97 Å². The Kier molecular flexibility index (Phi) is 5.41. The lowest BCUT2D eigenvalue weighted by molar-refractivity contribution is 0.355. The van der Waals surface area contributed by atoms with Crippen LogP contribution in [0.5, 0.6) is 0 Å². The van der Waals surface area contributed by atoms with Crippen molar-refractivity contribution >= 4 is 24.2 Å². The van der Waals surface area contributed by atoms with Crippen LogP contribution in [-0.4, -0.2) is 20.1 Å². The quantitative estimate of drug-likeness (QED) is 0.675. The first-order chi connectivity index (χ1) is 10.0. The van der Waals surface area contributed by atoms with Crippen molar-refractivity contribution in [3.8, 4) is 0 Å². The molecule has 0 bridgehead atoms. The molecule has 8 heteroatoms. The molecule has 1 aliphatic rings. The molecule has 22 heavy (non-hydrogen) atoms. The molecule has 2 aromatic rings. The smallest absolute Gasteiger partial charge is 0.237 e. The Balaban J connectivity index is 0.00000176. The van der Waals surface area contributed by atoms with Gasteiger partial charge < -0.3 is 10.3 Å². The molecular weight excluding hydrogens is 322 g/mol. The zero-order valence-corrected chi connectivity index (χ0v) is 14.3. The molecule has 120 valence electrons. The molecule has 0 amide bonds. The maximum absolute atomic E-state index is 6.32. The maximum atomic E-state index is 6.32. The third-order valence-electron chi connectivity index (χ3n) is 3.70. The first-order valence-corrected chi connectivity index (χ1v) is 8.11. The van der Waals surface area contributed by atoms with Gasteiger partial charge in [-0.05, 0) is 32.8 Å². The second-order valence-corrected chi connectivity index (χ2v) is 6.54. The molecule has 0 radical (unpaired) electrons. The Morgan fingerprint density at radius 2 is 1.82 bits per heavy atom. The second-order valence-electron chi connectivity index (χ2n) is 5.60. The molecule has 0 aromatic carbocycles. The summed E-state index contributed by atoms with van der Waals surface area (Å²) in [6, 6.07) is 1.95. The Labute approximate surface area is 140 Å². The van der Waals surface area contributed by atoms with E-state index in [0.717, 1.165) is 42.2 Å². The van der Waals surface area contributed by atoms with Crippen LogP contribution in [0.3, 0.4) is 0 Å². The van der Waals surface area contributed by atoms with Crippen molar-refractivity contribution in [2.45, 2.75) is 56.0 Å². The number of rotatable bonds is 4. The first-order valence-electron chi connectivity index (χ1n) is 7.12. The summed E-state index contributed by atoms with van der Waals surface area (Å²) >= 11 is 1.50. The largest absolute Gasteiger partial charge is 0.338 e. The Bertz CT molecular complexity index is 622. The average Bonchev–Trinajstić information content (AvgIpc) is 3.05. The van der Waals surface area contributed by atoms with Gasteiger partial charge in [0.25, 0.3) is 0 Å². The molecule has 1 fully saturated rings. The van der Waals surface area contributed by atoms with Crippen LogP contribution in [-0.2, 0) is 11.3 Å². The molecule has 1 saturated carbocycles. The summed E-state index contributed by atoms with van der Waals surface area (Å²) in [6.45, 7) is 3.92. The number of thioether (sulfide) groups is 1. The minimum absolute atomic E-state index is 0. The topological polar surface area (TPSA) is 90.7 Å². The standard InChI is InChI=1S/C14H19N5OS.ClH/c1-9-7-10(2)17-13(16-9)21-8-11-18-12(19-20-11)14(15)5-3-4-6-14;/h7H,3-6,8,15H2,1-2H3;1H. The van der Waals surface area contributed by atoms with Crippen molar-refractivity contribution in [2.24, 2.45) is 5.73 Å². The number of aromatic nitrogens is 4. The lowest BCUT2D eigenvalue weighted by Crippen LogP contribution is -2.34. The molecule has 2 N–H and O–H groups in total. The second kappa shape index (κ2) is 6.93. The summed E-state index contributed by atoms with van der Waals surface area (Å²) in [7, 11) is 0. The van der Waals surface area contributed by atoms with E-state index in [0.29, 0.717) is 17.5 Å². The molecule has 6 nitrogen and oxygen atoms in total. The third kappa shape index (κ3) is 3.77. The van der Waals surface area contributed by atoms with Crippen molar-refractivity contribution in [3.05, 3.63) is 29.2 Å². The lowest BCUT2D eigenvalue weighted by atomic mass is 9.99. The summed E-state index contributed by atoms with van der Waals surface area (Å²) in [5, 5.41) is 4.78. The predicted molar refractivity (Wildman–Crippen MR) is 86.9 cm³/mol. The molecule has 0 atom stereocenters. The summed E-state index contributed by atoms with van der Waals surface area (Å²) < 4.78 is 5.31. The normalized spacial score (nSPS) is 16.5. The maximum Gasteiger partial charge on any atom is 0.237 e. The Morgan fingerprint density at radius 3 is 2.45 bits per heavy atom. The number of hydrogen-bond donors (Lipinski definition) is 1. The summed E-state index contributed by atoms with van der Waals surface area (Å²) in [5.41, 5.74) is 7.85. The highest BCUT2D eigenvalue weighted by Crippen LogP contribution is 2.34. The Morgan fingerprint density at radius 1 is 1.18 bits per heavy atom. The van der Waals surface area contributed by atoms with Crippen LogP contribution < -0.4 is 5.73 Å². The first kappa shape index (κ1) is 17.2. The van der Waals surface area contributed by atoms with Crippen LogP contribution in [0.4, 0.5) is 0 Å².